The number of benzene rings is 1. The molecule has 0 bridgehead atoms. The van der Waals surface area contributed by atoms with Crippen molar-refractivity contribution < 1.29 is 19.0 Å². The first-order valence-corrected chi connectivity index (χ1v) is 8.32. The Bertz CT molecular complexity index is 865. The minimum absolute atomic E-state index is 0.0663. The van der Waals surface area contributed by atoms with E-state index < -0.39 is 5.97 Å². The Morgan fingerprint density at radius 1 is 1.24 bits per heavy atom. The highest BCUT2D eigenvalue weighted by molar-refractivity contribution is 7.13. The molecule has 0 radical (unpaired) electrons. The maximum absolute atomic E-state index is 12.4. The third kappa shape index (κ3) is 3.63. The van der Waals surface area contributed by atoms with Crippen molar-refractivity contribution in [2.24, 2.45) is 7.05 Å². The molecule has 0 N–H and O–H groups in total. The van der Waals surface area contributed by atoms with Crippen molar-refractivity contribution in [2.45, 2.75) is 6.61 Å². The van der Waals surface area contributed by atoms with Gasteiger partial charge in [-0.3, -0.25) is 4.68 Å². The number of esters is 1. The van der Waals surface area contributed by atoms with Crippen LogP contribution in [-0.4, -0.2) is 35.0 Å². The van der Waals surface area contributed by atoms with Gasteiger partial charge in [0, 0.05) is 24.2 Å². The highest BCUT2D eigenvalue weighted by atomic mass is 32.1. The minimum Gasteiger partial charge on any atom is -0.496 e. The van der Waals surface area contributed by atoms with E-state index in [2.05, 4.69) is 10.1 Å². The lowest BCUT2D eigenvalue weighted by atomic mass is 10.2. The highest BCUT2D eigenvalue weighted by Crippen LogP contribution is 2.29. The van der Waals surface area contributed by atoms with Crippen molar-refractivity contribution in [3.8, 4) is 22.1 Å². The second-order valence-electron chi connectivity index (χ2n) is 5.16. The van der Waals surface area contributed by atoms with Crippen LogP contribution in [0, 0.1) is 0 Å². The maximum Gasteiger partial charge on any atom is 0.346 e. The largest absolute Gasteiger partial charge is 0.496 e. The van der Waals surface area contributed by atoms with Gasteiger partial charge in [0.1, 0.15) is 28.7 Å². The second-order valence-corrected chi connectivity index (χ2v) is 6.02. The molecule has 0 saturated carbocycles. The number of carbonyl (C=O) groups excluding carboxylic acids is 1. The van der Waals surface area contributed by atoms with Crippen LogP contribution >= 0.6 is 11.3 Å². The summed E-state index contributed by atoms with van der Waals surface area (Å²) in [7, 11) is 4.83. The number of thiazole rings is 1. The van der Waals surface area contributed by atoms with Gasteiger partial charge in [0.15, 0.2) is 0 Å². The Labute approximate surface area is 148 Å². The van der Waals surface area contributed by atoms with Gasteiger partial charge in [-0.2, -0.15) is 5.10 Å². The molecule has 0 aliphatic heterocycles. The number of rotatable bonds is 6. The summed E-state index contributed by atoms with van der Waals surface area (Å²) in [4.78, 5) is 16.9. The summed E-state index contributed by atoms with van der Waals surface area (Å²) in [5, 5.41) is 6.81. The van der Waals surface area contributed by atoms with E-state index >= 15 is 0 Å². The zero-order valence-electron chi connectivity index (χ0n) is 14.1. The molecule has 0 spiro atoms. The summed E-state index contributed by atoms with van der Waals surface area (Å²) >= 11 is 1.47. The van der Waals surface area contributed by atoms with Gasteiger partial charge in [-0.25, -0.2) is 9.78 Å². The van der Waals surface area contributed by atoms with Gasteiger partial charge in [-0.15, -0.1) is 11.3 Å². The Hall–Kier alpha value is -2.87. The van der Waals surface area contributed by atoms with E-state index in [0.717, 1.165) is 10.6 Å². The number of hydrogen-bond acceptors (Lipinski definition) is 7. The molecule has 1 aromatic carbocycles. The Morgan fingerprint density at radius 3 is 2.56 bits per heavy atom. The number of carbonyl (C=O) groups is 1. The zero-order valence-corrected chi connectivity index (χ0v) is 14.9. The average molecular weight is 359 g/mol. The Balaban J connectivity index is 1.72. The van der Waals surface area contributed by atoms with Crippen LogP contribution in [-0.2, 0) is 18.4 Å². The van der Waals surface area contributed by atoms with Crippen molar-refractivity contribution >= 4 is 17.3 Å². The fourth-order valence-electron chi connectivity index (χ4n) is 2.30. The van der Waals surface area contributed by atoms with Gasteiger partial charge in [0.25, 0.3) is 0 Å². The van der Waals surface area contributed by atoms with Gasteiger partial charge < -0.3 is 14.2 Å². The van der Waals surface area contributed by atoms with Crippen molar-refractivity contribution in [3.05, 3.63) is 47.2 Å². The lowest BCUT2D eigenvalue weighted by Crippen LogP contribution is -2.09. The minimum atomic E-state index is -0.523. The normalized spacial score (nSPS) is 10.5. The van der Waals surface area contributed by atoms with E-state index in [0.29, 0.717) is 17.2 Å². The standard InChI is InChI=1S/C17H17N3O4S/c1-20-8-11(7-18-20)16-19-12(10-25-16)9-24-17(21)15-13(22-2)5-4-6-14(15)23-3/h4-8,10H,9H2,1-3H3. The van der Waals surface area contributed by atoms with Gasteiger partial charge in [0.05, 0.1) is 26.1 Å². The summed E-state index contributed by atoms with van der Waals surface area (Å²) < 4.78 is 17.5. The highest BCUT2D eigenvalue weighted by Gasteiger charge is 2.20. The van der Waals surface area contributed by atoms with Crippen molar-refractivity contribution in [2.75, 3.05) is 14.2 Å². The average Bonchev–Trinajstić information content (AvgIpc) is 3.27. The molecular weight excluding hydrogens is 342 g/mol. The van der Waals surface area contributed by atoms with Crippen molar-refractivity contribution in [3.63, 3.8) is 0 Å². The predicted molar refractivity (Wildman–Crippen MR) is 93.0 cm³/mol. The molecule has 2 heterocycles. The summed E-state index contributed by atoms with van der Waals surface area (Å²) in [6, 6.07) is 5.11. The summed E-state index contributed by atoms with van der Waals surface area (Å²) in [5.74, 6) is 0.280. The number of nitrogens with zero attached hydrogens (tertiary/aromatic N) is 3. The molecule has 0 atom stereocenters. The van der Waals surface area contributed by atoms with Crippen LogP contribution in [0.4, 0.5) is 0 Å². The molecule has 0 fully saturated rings. The molecule has 7 nitrogen and oxygen atoms in total. The first-order valence-electron chi connectivity index (χ1n) is 7.44. The van der Waals surface area contributed by atoms with Crippen molar-refractivity contribution in [1.29, 1.82) is 0 Å². The smallest absolute Gasteiger partial charge is 0.346 e. The number of aryl methyl sites for hydroxylation is 1. The molecule has 3 rings (SSSR count). The fourth-order valence-corrected chi connectivity index (χ4v) is 3.08. The van der Waals surface area contributed by atoms with Gasteiger partial charge in [0.2, 0.25) is 0 Å². The molecule has 0 unspecified atom stereocenters. The third-order valence-electron chi connectivity index (χ3n) is 3.49. The number of aromatic nitrogens is 3. The predicted octanol–water partition coefficient (Wildman–Crippen LogP) is 2.92. The van der Waals surface area contributed by atoms with E-state index in [1.807, 2.05) is 18.6 Å². The number of ether oxygens (including phenoxy) is 3. The van der Waals surface area contributed by atoms with Gasteiger partial charge in [-0.1, -0.05) is 6.07 Å². The van der Waals surface area contributed by atoms with Gasteiger partial charge in [-0.05, 0) is 12.1 Å². The molecule has 0 aliphatic carbocycles. The molecule has 0 saturated heterocycles. The van der Waals surface area contributed by atoms with E-state index in [-0.39, 0.29) is 12.2 Å². The molecule has 130 valence electrons. The molecule has 8 heteroatoms. The molecule has 2 aromatic heterocycles. The molecule has 3 aromatic rings. The van der Waals surface area contributed by atoms with E-state index in [9.17, 15) is 4.79 Å². The van der Waals surface area contributed by atoms with Crippen LogP contribution in [0.15, 0.2) is 36.0 Å². The molecular formula is C17H17N3O4S. The Morgan fingerprint density at radius 2 is 1.96 bits per heavy atom. The summed E-state index contributed by atoms with van der Waals surface area (Å²) in [5.41, 5.74) is 1.86. The lowest BCUT2D eigenvalue weighted by Gasteiger charge is -2.11. The topological polar surface area (TPSA) is 75.5 Å². The zero-order chi connectivity index (χ0) is 17.8. The van der Waals surface area contributed by atoms with Crippen LogP contribution in [0.3, 0.4) is 0 Å². The summed E-state index contributed by atoms with van der Waals surface area (Å²) in [6.07, 6.45) is 3.63. The SMILES string of the molecule is COc1cccc(OC)c1C(=O)OCc1csc(-c2cnn(C)c2)n1. The lowest BCUT2D eigenvalue weighted by molar-refractivity contribution is 0.0461. The quantitative estimate of drug-likeness (QED) is 0.630. The fraction of sp³-hybridized carbons (Fsp3) is 0.235. The van der Waals surface area contributed by atoms with E-state index in [4.69, 9.17) is 14.2 Å². The van der Waals surface area contributed by atoms with Crippen LogP contribution in [0.25, 0.3) is 10.6 Å². The number of methoxy groups -OCH3 is 2. The van der Waals surface area contributed by atoms with Crippen LogP contribution in [0.2, 0.25) is 0 Å². The molecule has 25 heavy (non-hydrogen) atoms. The monoisotopic (exact) mass is 359 g/mol. The first kappa shape index (κ1) is 17.0. The first-order chi connectivity index (χ1) is 12.1. The van der Waals surface area contributed by atoms with Crippen LogP contribution in [0.1, 0.15) is 16.1 Å². The third-order valence-corrected chi connectivity index (χ3v) is 4.43. The second kappa shape index (κ2) is 7.35. The molecule has 0 aliphatic rings. The number of hydrogen-bond donors (Lipinski definition) is 0. The Kier molecular flexibility index (Phi) is 4.99. The van der Waals surface area contributed by atoms with Crippen LogP contribution < -0.4 is 9.47 Å². The van der Waals surface area contributed by atoms with Crippen molar-refractivity contribution in [1.82, 2.24) is 14.8 Å². The van der Waals surface area contributed by atoms with E-state index in [1.165, 1.54) is 25.6 Å². The molecule has 0 amide bonds. The van der Waals surface area contributed by atoms with E-state index in [1.54, 1.807) is 29.1 Å². The summed E-state index contributed by atoms with van der Waals surface area (Å²) in [6.45, 7) is 0.0663. The maximum atomic E-state index is 12.4. The van der Waals surface area contributed by atoms with Gasteiger partial charge >= 0.3 is 5.97 Å². The van der Waals surface area contributed by atoms with Crippen LogP contribution in [0.5, 0.6) is 11.5 Å².